The van der Waals surface area contributed by atoms with Crippen molar-refractivity contribution in [1.29, 1.82) is 0 Å². The monoisotopic (exact) mass is 397 g/mol. The Labute approximate surface area is 165 Å². The molecule has 1 aromatic heterocycles. The lowest BCUT2D eigenvalue weighted by atomic mass is 9.82. The Morgan fingerprint density at radius 1 is 1.10 bits per heavy atom. The molecular weight excluding hydrogens is 378 g/mol. The zero-order valence-corrected chi connectivity index (χ0v) is 15.5. The van der Waals surface area contributed by atoms with Gasteiger partial charge in [-0.1, -0.05) is 19.3 Å². The molecule has 2 fully saturated rings. The molecule has 4 rings (SSSR count). The number of amides is 4. The number of urea groups is 1. The van der Waals surface area contributed by atoms with E-state index in [2.05, 4.69) is 20.7 Å². The summed E-state index contributed by atoms with van der Waals surface area (Å²) >= 11 is 0. The normalized spacial score (nSPS) is 18.0. The van der Waals surface area contributed by atoms with Gasteiger partial charge in [0.05, 0.1) is 16.6 Å². The first kappa shape index (κ1) is 18.8. The predicted molar refractivity (Wildman–Crippen MR) is 99.2 cm³/mol. The first-order valence-electron chi connectivity index (χ1n) is 9.33. The molecule has 1 saturated heterocycles. The Kier molecular flexibility index (Phi) is 4.83. The number of fused-ring (bicyclic) bond motifs is 1. The minimum absolute atomic E-state index is 0.210. The number of nitrogens with zero attached hydrogens (tertiary/aromatic N) is 3. The molecule has 10 nitrogen and oxygen atoms in total. The molecule has 1 aliphatic carbocycles. The van der Waals surface area contributed by atoms with E-state index in [-0.39, 0.29) is 5.56 Å². The van der Waals surface area contributed by atoms with Gasteiger partial charge in [0.2, 0.25) is 0 Å². The molecule has 4 amide bonds. The fourth-order valence-electron chi connectivity index (χ4n) is 3.68. The largest absolute Gasteiger partial charge is 0.452 e. The predicted octanol–water partition coefficient (Wildman–Crippen LogP) is 1.07. The Bertz CT molecular complexity index is 1000. The Balaban J connectivity index is 1.35. The summed E-state index contributed by atoms with van der Waals surface area (Å²) in [6.07, 6.45) is 6.81. The van der Waals surface area contributed by atoms with Gasteiger partial charge in [0, 0.05) is 12.4 Å². The third kappa shape index (κ3) is 3.60. The number of nitrogens with one attached hydrogen (secondary N) is 2. The number of carbonyl (C=O) groups excluding carboxylic acids is 4. The fraction of sp³-hybridized carbons (Fsp3) is 0.368. The second-order valence-corrected chi connectivity index (χ2v) is 7.08. The van der Waals surface area contributed by atoms with E-state index < -0.39 is 36.0 Å². The highest BCUT2D eigenvalue weighted by Gasteiger charge is 2.52. The summed E-state index contributed by atoms with van der Waals surface area (Å²) in [5, 5.41) is 3.36. The molecule has 1 aliphatic heterocycles. The molecule has 0 atom stereocenters. The van der Waals surface area contributed by atoms with E-state index in [1.165, 1.54) is 24.5 Å². The summed E-state index contributed by atoms with van der Waals surface area (Å²) in [5.41, 5.74) is 2.63. The van der Waals surface area contributed by atoms with E-state index >= 15 is 0 Å². The van der Waals surface area contributed by atoms with Gasteiger partial charge < -0.3 is 10.1 Å². The van der Waals surface area contributed by atoms with E-state index in [1.54, 1.807) is 6.07 Å². The minimum Gasteiger partial charge on any atom is -0.452 e. The number of hydrogen-bond acceptors (Lipinski definition) is 7. The lowest BCUT2D eigenvalue weighted by Crippen LogP contribution is -2.51. The third-order valence-electron chi connectivity index (χ3n) is 5.14. The van der Waals surface area contributed by atoms with Crippen molar-refractivity contribution < 1.29 is 23.9 Å². The van der Waals surface area contributed by atoms with Gasteiger partial charge in [0.25, 0.3) is 11.8 Å². The van der Waals surface area contributed by atoms with Gasteiger partial charge in [-0.2, -0.15) is 5.01 Å². The van der Waals surface area contributed by atoms with E-state index in [9.17, 15) is 19.2 Å². The van der Waals surface area contributed by atoms with Crippen LogP contribution in [0.4, 0.5) is 4.79 Å². The van der Waals surface area contributed by atoms with Crippen molar-refractivity contribution in [2.75, 3.05) is 6.61 Å². The van der Waals surface area contributed by atoms with Crippen molar-refractivity contribution in [2.24, 2.45) is 0 Å². The molecule has 2 heterocycles. The molecule has 0 bridgehead atoms. The number of esters is 1. The maximum Gasteiger partial charge on any atom is 0.344 e. The van der Waals surface area contributed by atoms with Crippen LogP contribution < -0.4 is 10.7 Å². The van der Waals surface area contributed by atoms with Crippen LogP contribution in [0.3, 0.4) is 0 Å². The van der Waals surface area contributed by atoms with Crippen LogP contribution in [0.1, 0.15) is 42.5 Å². The summed E-state index contributed by atoms with van der Waals surface area (Å²) in [6, 6.07) is 3.97. The summed E-state index contributed by atoms with van der Waals surface area (Å²) in [7, 11) is 0. The lowest BCUT2D eigenvalue weighted by molar-refractivity contribution is -0.140. The second kappa shape index (κ2) is 7.46. The smallest absolute Gasteiger partial charge is 0.344 e. The molecule has 2 N–H and O–H groups in total. The van der Waals surface area contributed by atoms with Crippen LogP contribution in [0, 0.1) is 0 Å². The summed E-state index contributed by atoms with van der Waals surface area (Å²) < 4.78 is 4.99. The van der Waals surface area contributed by atoms with Crippen molar-refractivity contribution >= 4 is 34.8 Å². The van der Waals surface area contributed by atoms with Crippen molar-refractivity contribution in [1.82, 2.24) is 25.7 Å². The quantitative estimate of drug-likeness (QED) is 0.583. The Morgan fingerprint density at radius 2 is 1.83 bits per heavy atom. The first-order valence-corrected chi connectivity index (χ1v) is 9.33. The van der Waals surface area contributed by atoms with E-state index in [0.717, 1.165) is 19.3 Å². The molecule has 0 radical (unpaired) electrons. The zero-order chi connectivity index (χ0) is 20.4. The van der Waals surface area contributed by atoms with Crippen molar-refractivity contribution in [3.8, 4) is 0 Å². The highest BCUT2D eigenvalue weighted by Crippen LogP contribution is 2.32. The van der Waals surface area contributed by atoms with E-state index in [4.69, 9.17) is 4.74 Å². The van der Waals surface area contributed by atoms with Crippen LogP contribution >= 0.6 is 0 Å². The average Bonchev–Trinajstić information content (AvgIpc) is 2.96. The number of hydrogen-bond donors (Lipinski definition) is 2. The first-order chi connectivity index (χ1) is 14.0. The highest BCUT2D eigenvalue weighted by atomic mass is 16.5. The van der Waals surface area contributed by atoms with Crippen LogP contribution in [0.25, 0.3) is 11.0 Å². The summed E-state index contributed by atoms with van der Waals surface area (Å²) in [6.45, 7) is -0.638. The zero-order valence-electron chi connectivity index (χ0n) is 15.5. The molecule has 1 saturated carbocycles. The Morgan fingerprint density at radius 3 is 2.59 bits per heavy atom. The SMILES string of the molecule is O=C(COC(=O)c1ccc2nccnc2c1)NN1C(=O)NC2(CCCCC2)C1=O. The molecule has 1 aromatic carbocycles. The van der Waals surface area contributed by atoms with Crippen LogP contribution in [-0.2, 0) is 14.3 Å². The number of rotatable bonds is 4. The Hall–Kier alpha value is -3.56. The second-order valence-electron chi connectivity index (χ2n) is 7.08. The number of ether oxygens (including phenoxy) is 1. The molecule has 29 heavy (non-hydrogen) atoms. The van der Waals surface area contributed by atoms with Crippen molar-refractivity contribution in [3.05, 3.63) is 36.2 Å². The van der Waals surface area contributed by atoms with E-state index in [0.29, 0.717) is 28.9 Å². The molecule has 150 valence electrons. The van der Waals surface area contributed by atoms with Gasteiger partial charge in [0.15, 0.2) is 6.61 Å². The summed E-state index contributed by atoms with van der Waals surface area (Å²) in [4.78, 5) is 57.3. The topological polar surface area (TPSA) is 131 Å². The van der Waals surface area contributed by atoms with Crippen LogP contribution in [0.2, 0.25) is 0 Å². The van der Waals surface area contributed by atoms with Crippen molar-refractivity contribution in [2.45, 2.75) is 37.6 Å². The molecule has 0 unspecified atom stereocenters. The standard InChI is InChI=1S/C19H19N5O5/c25-15(23-24-17(27)19(22-18(24)28)6-2-1-3-7-19)11-29-16(26)12-4-5-13-14(10-12)21-9-8-20-13/h4-5,8-10H,1-3,6-7,11H2,(H,22,28)(H,23,25). The van der Waals surface area contributed by atoms with Crippen LogP contribution in [0.5, 0.6) is 0 Å². The maximum atomic E-state index is 12.6. The lowest BCUT2D eigenvalue weighted by Gasteiger charge is -2.30. The van der Waals surface area contributed by atoms with Gasteiger partial charge >= 0.3 is 12.0 Å². The molecule has 10 heteroatoms. The van der Waals surface area contributed by atoms with Gasteiger partial charge in [-0.05, 0) is 31.0 Å². The van der Waals surface area contributed by atoms with Crippen molar-refractivity contribution in [3.63, 3.8) is 0 Å². The highest BCUT2D eigenvalue weighted by molar-refractivity contribution is 6.08. The third-order valence-corrected chi connectivity index (χ3v) is 5.14. The molecule has 2 aromatic rings. The van der Waals surface area contributed by atoms with Crippen LogP contribution in [-0.4, -0.2) is 50.9 Å². The van der Waals surface area contributed by atoms with Gasteiger partial charge in [-0.15, -0.1) is 0 Å². The molecular formula is C19H19N5O5. The number of carbonyl (C=O) groups is 4. The molecule has 1 spiro atoms. The molecule has 2 aliphatic rings. The van der Waals surface area contributed by atoms with E-state index in [1.807, 2.05) is 0 Å². The number of benzene rings is 1. The number of aromatic nitrogens is 2. The minimum atomic E-state index is -0.939. The maximum absolute atomic E-state index is 12.6. The average molecular weight is 397 g/mol. The number of hydrazine groups is 1. The van der Waals surface area contributed by atoms with Gasteiger partial charge in [0.1, 0.15) is 5.54 Å². The summed E-state index contributed by atoms with van der Waals surface area (Å²) in [5.74, 6) is -1.99. The fourth-order valence-corrected chi connectivity index (χ4v) is 3.68. The number of imide groups is 1. The van der Waals surface area contributed by atoms with Gasteiger partial charge in [-0.3, -0.25) is 25.0 Å². The van der Waals surface area contributed by atoms with Gasteiger partial charge in [-0.25, -0.2) is 9.59 Å². The van der Waals surface area contributed by atoms with Crippen LogP contribution in [0.15, 0.2) is 30.6 Å².